The number of hydrogen-bond acceptors (Lipinski definition) is 8. The Kier molecular flexibility index (Phi) is 12.5. The maximum atomic E-state index is 13.3. The number of carboxylic acid groups (broad SMARTS) is 1. The van der Waals surface area contributed by atoms with Crippen molar-refractivity contribution in [1.82, 2.24) is 15.4 Å². The Morgan fingerprint density at radius 3 is 2.20 bits per heavy atom. The maximum Gasteiger partial charge on any atom is 0.490 e. The van der Waals surface area contributed by atoms with Crippen LogP contribution in [0.1, 0.15) is 48.3 Å². The summed E-state index contributed by atoms with van der Waals surface area (Å²) in [5, 5.41) is 17.8. The number of nitrogens with one attached hydrogen (secondary N) is 4. The quantitative estimate of drug-likeness (QED) is 0.110. The standard InChI is InChI=1S/C27H32N6O5.C2HF3O2/c1-5-37-23-14-18(8-11-22(23)38-16(2)3)24(30-19-9-6-17(7-10-19)25(28)29)27(36)32-31-26(35)20-15-33(4)13-12-21(20)34;3-2(4,5)1(6)7/h6-16,24,30H,5H2,1-4H3,(H3,28,29)(H,31,35)(H,32,36);(H,6,7). The number of nitrogens with two attached hydrogens (primary N) is 1. The number of benzene rings is 2. The Hall–Kier alpha value is -5.54. The summed E-state index contributed by atoms with van der Waals surface area (Å²) < 4.78 is 44.9. The van der Waals surface area contributed by atoms with Crippen molar-refractivity contribution in [2.45, 2.75) is 39.1 Å². The Labute approximate surface area is 255 Å². The number of aromatic nitrogens is 1. The summed E-state index contributed by atoms with van der Waals surface area (Å²) in [6, 6.07) is 12.1. The highest BCUT2D eigenvalue weighted by Crippen LogP contribution is 2.33. The van der Waals surface area contributed by atoms with Crippen LogP contribution in [0.3, 0.4) is 0 Å². The molecule has 45 heavy (non-hydrogen) atoms. The first-order valence-corrected chi connectivity index (χ1v) is 13.2. The van der Waals surface area contributed by atoms with E-state index in [1.807, 2.05) is 20.8 Å². The van der Waals surface area contributed by atoms with Gasteiger partial charge >= 0.3 is 12.1 Å². The molecule has 1 aromatic heterocycles. The van der Waals surface area contributed by atoms with Gasteiger partial charge in [0.05, 0.1) is 12.7 Å². The lowest BCUT2D eigenvalue weighted by Gasteiger charge is -2.22. The molecule has 2 amide bonds. The SMILES string of the molecule is CCOc1cc(C(Nc2ccc(C(=N)N)cc2)C(=O)NNC(=O)c2cn(C)ccc2=O)ccc1OC(C)C.O=C(O)C(F)(F)F. The summed E-state index contributed by atoms with van der Waals surface area (Å²) in [5.74, 6) is -3.19. The van der Waals surface area contributed by atoms with E-state index in [1.54, 1.807) is 54.1 Å². The van der Waals surface area contributed by atoms with Crippen LogP contribution in [0.15, 0.2) is 65.7 Å². The number of hydrogen-bond donors (Lipinski definition) is 6. The number of pyridine rings is 1. The second-order valence-corrected chi connectivity index (χ2v) is 9.51. The minimum absolute atomic E-state index is 0.0808. The number of nitrogens with zero attached hydrogens (tertiary/aromatic N) is 1. The van der Waals surface area contributed by atoms with Gasteiger partial charge < -0.3 is 30.2 Å². The molecule has 1 heterocycles. The largest absolute Gasteiger partial charge is 0.490 e. The Morgan fingerprint density at radius 1 is 1.04 bits per heavy atom. The minimum atomic E-state index is -5.08. The molecule has 0 radical (unpaired) electrons. The molecule has 7 N–H and O–H groups in total. The number of amidine groups is 1. The highest BCUT2D eigenvalue weighted by Gasteiger charge is 2.38. The third-order valence-electron chi connectivity index (χ3n) is 5.58. The average Bonchev–Trinajstić information content (AvgIpc) is 2.96. The van der Waals surface area contributed by atoms with E-state index in [9.17, 15) is 27.6 Å². The van der Waals surface area contributed by atoms with Crippen molar-refractivity contribution in [1.29, 1.82) is 5.41 Å². The molecule has 2 aromatic carbocycles. The van der Waals surface area contributed by atoms with E-state index in [0.717, 1.165) is 0 Å². The number of ether oxygens (including phenoxy) is 2. The first kappa shape index (κ1) is 35.7. The number of hydrazine groups is 1. The van der Waals surface area contributed by atoms with Gasteiger partial charge in [-0.2, -0.15) is 13.2 Å². The van der Waals surface area contributed by atoms with Crippen molar-refractivity contribution in [3.05, 3.63) is 87.8 Å². The zero-order valence-corrected chi connectivity index (χ0v) is 24.7. The van der Waals surface area contributed by atoms with Crippen molar-refractivity contribution < 1.29 is 42.1 Å². The molecule has 0 aliphatic rings. The summed E-state index contributed by atoms with van der Waals surface area (Å²) in [5.41, 5.74) is 11.3. The van der Waals surface area contributed by atoms with E-state index < -0.39 is 35.4 Å². The second kappa shape index (κ2) is 15.8. The van der Waals surface area contributed by atoms with Crippen molar-refractivity contribution in [2.24, 2.45) is 12.8 Å². The first-order valence-electron chi connectivity index (χ1n) is 13.2. The number of carbonyl (C=O) groups is 3. The van der Waals surface area contributed by atoms with Crippen molar-refractivity contribution in [3.63, 3.8) is 0 Å². The van der Waals surface area contributed by atoms with Crippen molar-refractivity contribution >= 4 is 29.3 Å². The molecule has 1 atom stereocenters. The molecule has 242 valence electrons. The zero-order valence-electron chi connectivity index (χ0n) is 24.7. The molecule has 16 heteroatoms. The van der Waals surface area contributed by atoms with Crippen molar-refractivity contribution in [2.75, 3.05) is 11.9 Å². The van der Waals surface area contributed by atoms with Crippen LogP contribution >= 0.6 is 0 Å². The molecule has 0 spiro atoms. The van der Waals surface area contributed by atoms with E-state index in [1.165, 1.54) is 18.5 Å². The second-order valence-electron chi connectivity index (χ2n) is 9.51. The zero-order chi connectivity index (χ0) is 33.9. The van der Waals surface area contributed by atoms with Crippen LogP contribution in [0, 0.1) is 5.41 Å². The molecule has 0 aliphatic carbocycles. The number of halogens is 3. The molecule has 0 bridgehead atoms. The van der Waals surface area contributed by atoms with Crippen LogP contribution in [0.25, 0.3) is 0 Å². The van der Waals surface area contributed by atoms with Gasteiger partial charge in [0, 0.05) is 36.8 Å². The molecular formula is C29H33F3N6O7. The number of aryl methyl sites for hydroxylation is 1. The third kappa shape index (κ3) is 10.9. The molecule has 3 rings (SSSR count). The number of nitrogen functional groups attached to an aromatic ring is 1. The van der Waals surface area contributed by atoms with Gasteiger partial charge in [0.2, 0.25) is 0 Å². The minimum Gasteiger partial charge on any atom is -0.490 e. The predicted molar refractivity (Wildman–Crippen MR) is 158 cm³/mol. The van der Waals surface area contributed by atoms with Gasteiger partial charge in [0.1, 0.15) is 17.4 Å². The fourth-order valence-electron chi connectivity index (χ4n) is 3.55. The van der Waals surface area contributed by atoms with Gasteiger partial charge in [-0.15, -0.1) is 0 Å². The van der Waals surface area contributed by atoms with E-state index in [2.05, 4.69) is 16.2 Å². The van der Waals surface area contributed by atoms with E-state index in [0.29, 0.717) is 34.9 Å². The van der Waals surface area contributed by atoms with Crippen LogP contribution in [0.5, 0.6) is 11.5 Å². The topological polar surface area (TPSA) is 198 Å². The van der Waals surface area contributed by atoms with Crippen LogP contribution in [-0.2, 0) is 16.6 Å². The number of aliphatic carboxylic acids is 1. The van der Waals surface area contributed by atoms with Gasteiger partial charge in [0.25, 0.3) is 11.8 Å². The Morgan fingerprint density at radius 2 is 1.67 bits per heavy atom. The normalized spacial score (nSPS) is 11.4. The van der Waals surface area contributed by atoms with Gasteiger partial charge in [-0.25, -0.2) is 4.79 Å². The molecule has 0 fully saturated rings. The van der Waals surface area contributed by atoms with Gasteiger partial charge in [-0.3, -0.25) is 30.6 Å². The summed E-state index contributed by atoms with van der Waals surface area (Å²) >= 11 is 0. The molecule has 0 saturated carbocycles. The van der Waals surface area contributed by atoms with E-state index in [-0.39, 0.29) is 17.5 Å². The van der Waals surface area contributed by atoms with Crippen molar-refractivity contribution in [3.8, 4) is 11.5 Å². The highest BCUT2D eigenvalue weighted by molar-refractivity contribution is 5.96. The highest BCUT2D eigenvalue weighted by atomic mass is 19.4. The van der Waals surface area contributed by atoms with Gasteiger partial charge in [0.15, 0.2) is 16.9 Å². The number of amides is 2. The molecular weight excluding hydrogens is 601 g/mol. The fraction of sp³-hybridized carbons (Fsp3) is 0.276. The van der Waals surface area contributed by atoms with Gasteiger partial charge in [-0.1, -0.05) is 6.07 Å². The van der Waals surface area contributed by atoms with Crippen LogP contribution < -0.4 is 36.8 Å². The first-order chi connectivity index (χ1) is 21.0. The van der Waals surface area contributed by atoms with Crippen LogP contribution in [-0.4, -0.2) is 52.2 Å². The lowest BCUT2D eigenvalue weighted by molar-refractivity contribution is -0.192. The predicted octanol–water partition coefficient (Wildman–Crippen LogP) is 3.10. The summed E-state index contributed by atoms with van der Waals surface area (Å²) in [7, 11) is 1.68. The molecule has 0 aliphatic heterocycles. The summed E-state index contributed by atoms with van der Waals surface area (Å²) in [6.45, 7) is 6.02. The fourth-order valence-corrected chi connectivity index (χ4v) is 3.55. The van der Waals surface area contributed by atoms with E-state index in [4.69, 9.17) is 30.5 Å². The Balaban J connectivity index is 0.000000900. The number of alkyl halides is 3. The van der Waals surface area contributed by atoms with Crippen LogP contribution in [0.2, 0.25) is 0 Å². The molecule has 0 saturated heterocycles. The maximum absolute atomic E-state index is 13.3. The molecule has 1 unspecified atom stereocenters. The summed E-state index contributed by atoms with van der Waals surface area (Å²) in [4.78, 5) is 46.9. The Bertz CT molecular complexity index is 1570. The van der Waals surface area contributed by atoms with E-state index >= 15 is 0 Å². The number of rotatable bonds is 10. The third-order valence-corrected chi connectivity index (χ3v) is 5.58. The lowest BCUT2D eigenvalue weighted by atomic mass is 10.0. The lowest BCUT2D eigenvalue weighted by Crippen LogP contribution is -2.46. The number of anilines is 1. The summed E-state index contributed by atoms with van der Waals surface area (Å²) in [6.07, 6.45) is -2.27. The number of carbonyl (C=O) groups excluding carboxylic acids is 2. The van der Waals surface area contributed by atoms with Crippen LogP contribution in [0.4, 0.5) is 18.9 Å². The number of carboxylic acids is 1. The molecule has 13 nitrogen and oxygen atoms in total. The monoisotopic (exact) mass is 634 g/mol. The van der Waals surface area contributed by atoms with Gasteiger partial charge in [-0.05, 0) is 62.7 Å². The smallest absolute Gasteiger partial charge is 0.490 e. The average molecular weight is 635 g/mol. The molecule has 3 aromatic rings.